The van der Waals surface area contributed by atoms with Crippen LogP contribution in [0.3, 0.4) is 0 Å². The maximum atomic E-state index is 13.4. The number of ketones is 1. The minimum atomic E-state index is -1.38. The average Bonchev–Trinajstić information content (AvgIpc) is 3.31. The van der Waals surface area contributed by atoms with Gasteiger partial charge in [0.2, 0.25) is 11.8 Å². The molecule has 11 heteroatoms. The third kappa shape index (κ3) is 7.99. The Kier molecular flexibility index (Phi) is 11.3. The molecule has 204 valence electrons. The molecule has 2 saturated carbocycles. The Morgan fingerprint density at radius 3 is 2.11 bits per heavy atom. The predicted molar refractivity (Wildman–Crippen MR) is 132 cm³/mol. The summed E-state index contributed by atoms with van der Waals surface area (Å²) in [6.07, 6.45) is 6.08. The number of unbranched alkanes of at least 4 members (excludes halogenated alkanes) is 1. The van der Waals surface area contributed by atoms with Crippen LogP contribution in [0.15, 0.2) is 0 Å². The zero-order chi connectivity index (χ0) is 26.9. The van der Waals surface area contributed by atoms with E-state index in [-0.39, 0.29) is 18.4 Å². The normalized spacial score (nSPS) is 23.8. The smallest absolute Gasteiger partial charge is 0.308 e. The van der Waals surface area contributed by atoms with Crippen molar-refractivity contribution in [2.75, 3.05) is 6.54 Å². The molecule has 0 aromatic rings. The van der Waals surface area contributed by atoms with Crippen LogP contribution in [0.5, 0.6) is 0 Å². The molecule has 0 spiro atoms. The molecule has 8 N–H and O–H groups in total. The molecule has 2 unspecified atom stereocenters. The van der Waals surface area contributed by atoms with Crippen molar-refractivity contribution in [3.8, 4) is 0 Å². The van der Waals surface area contributed by atoms with Crippen LogP contribution in [0.2, 0.25) is 0 Å². The Hall–Kier alpha value is -2.53. The Balaban J connectivity index is 2.13. The number of nitrogens with two attached hydrogens (primary N) is 2. The van der Waals surface area contributed by atoms with Crippen molar-refractivity contribution in [3.05, 3.63) is 0 Å². The van der Waals surface area contributed by atoms with Crippen LogP contribution >= 0.6 is 0 Å². The fraction of sp³-hybridized carbons (Fsp3) is 0.800. The van der Waals surface area contributed by atoms with E-state index in [1.807, 2.05) is 0 Å². The lowest BCUT2D eigenvalue weighted by Crippen LogP contribution is -2.54. The van der Waals surface area contributed by atoms with Crippen LogP contribution in [-0.4, -0.2) is 64.4 Å². The second-order valence-corrected chi connectivity index (χ2v) is 10.5. The molecule has 0 aromatic heterocycles. The van der Waals surface area contributed by atoms with E-state index in [2.05, 4.69) is 10.6 Å². The van der Waals surface area contributed by atoms with Crippen molar-refractivity contribution in [1.82, 2.24) is 10.6 Å². The summed E-state index contributed by atoms with van der Waals surface area (Å²) in [5.74, 6) is -4.98. The van der Waals surface area contributed by atoms with Gasteiger partial charge in [0.25, 0.3) is 0 Å². The van der Waals surface area contributed by atoms with E-state index in [1.54, 1.807) is 0 Å². The Labute approximate surface area is 212 Å². The van der Waals surface area contributed by atoms with Gasteiger partial charge in [0, 0.05) is 13.0 Å². The minimum absolute atomic E-state index is 0.0683. The number of carbonyl (C=O) groups is 5. The SMILES string of the molecule is CC(=O)N[C@@H](CCCCN)C(=O)C(N)C(CC1(C(=O)NC2CCC(C(=O)O)CC2)CCCC1)C(=O)O. The van der Waals surface area contributed by atoms with Crippen molar-refractivity contribution in [3.63, 3.8) is 0 Å². The van der Waals surface area contributed by atoms with Gasteiger partial charge in [-0.2, -0.15) is 0 Å². The van der Waals surface area contributed by atoms with E-state index in [1.165, 1.54) is 6.92 Å². The number of nitrogens with one attached hydrogen (secondary N) is 2. The van der Waals surface area contributed by atoms with Gasteiger partial charge < -0.3 is 32.3 Å². The van der Waals surface area contributed by atoms with Gasteiger partial charge in [-0.3, -0.25) is 24.0 Å². The van der Waals surface area contributed by atoms with Gasteiger partial charge >= 0.3 is 11.9 Å². The third-order valence-electron chi connectivity index (χ3n) is 7.81. The lowest BCUT2D eigenvalue weighted by atomic mass is 9.73. The van der Waals surface area contributed by atoms with E-state index in [0.29, 0.717) is 64.3 Å². The molecule has 2 aliphatic carbocycles. The highest BCUT2D eigenvalue weighted by Gasteiger charge is 2.47. The van der Waals surface area contributed by atoms with Gasteiger partial charge in [-0.15, -0.1) is 0 Å². The summed E-state index contributed by atoms with van der Waals surface area (Å²) >= 11 is 0. The number of amides is 2. The number of rotatable bonds is 14. The van der Waals surface area contributed by atoms with Crippen LogP contribution < -0.4 is 22.1 Å². The first kappa shape index (κ1) is 29.7. The van der Waals surface area contributed by atoms with E-state index in [9.17, 15) is 34.2 Å². The lowest BCUT2D eigenvalue weighted by molar-refractivity contribution is -0.148. The van der Waals surface area contributed by atoms with Crippen molar-refractivity contribution in [2.24, 2.45) is 28.7 Å². The molecule has 11 nitrogen and oxygen atoms in total. The fourth-order valence-electron chi connectivity index (χ4n) is 5.64. The third-order valence-corrected chi connectivity index (χ3v) is 7.81. The first-order chi connectivity index (χ1) is 17.0. The number of carboxylic acids is 2. The molecule has 2 aliphatic rings. The number of carbonyl (C=O) groups excluding carboxylic acids is 3. The quantitative estimate of drug-likeness (QED) is 0.184. The number of aliphatic carboxylic acids is 2. The van der Waals surface area contributed by atoms with E-state index in [4.69, 9.17) is 11.5 Å². The van der Waals surface area contributed by atoms with Gasteiger partial charge in [-0.25, -0.2) is 0 Å². The molecule has 2 amide bonds. The van der Waals surface area contributed by atoms with Gasteiger partial charge in [0.1, 0.15) is 0 Å². The summed E-state index contributed by atoms with van der Waals surface area (Å²) < 4.78 is 0. The largest absolute Gasteiger partial charge is 0.481 e. The zero-order valence-electron chi connectivity index (χ0n) is 21.2. The molecule has 0 radical (unpaired) electrons. The molecule has 0 bridgehead atoms. The summed E-state index contributed by atoms with van der Waals surface area (Å²) in [4.78, 5) is 61.8. The number of carboxylic acid groups (broad SMARTS) is 2. The standard InChI is InChI=1S/C25H42N4O7/c1-15(30)28-19(6-2-5-13-26)21(31)20(27)18(23(34)35)14-25(11-3-4-12-25)24(36)29-17-9-7-16(8-10-17)22(32)33/h16-20H,2-14,26-27H2,1H3,(H,28,30)(H,29,36)(H,32,33)(H,34,35)/t16?,17?,18?,19-,20?/m0/s1. The molecule has 0 heterocycles. The average molecular weight is 511 g/mol. The molecule has 36 heavy (non-hydrogen) atoms. The molecule has 0 saturated heterocycles. The molecule has 2 fully saturated rings. The van der Waals surface area contributed by atoms with E-state index in [0.717, 1.165) is 12.8 Å². The molecule has 0 aromatic carbocycles. The van der Waals surface area contributed by atoms with Gasteiger partial charge in [-0.05, 0) is 70.8 Å². The molecule has 0 aliphatic heterocycles. The molecular formula is C25H42N4O7. The zero-order valence-corrected chi connectivity index (χ0v) is 21.2. The Morgan fingerprint density at radius 1 is 1.00 bits per heavy atom. The maximum Gasteiger partial charge on any atom is 0.308 e. The number of Topliss-reactive ketones (excluding diaryl/α,β-unsaturated/α-hetero) is 1. The molecular weight excluding hydrogens is 468 g/mol. The second-order valence-electron chi connectivity index (χ2n) is 10.5. The second kappa shape index (κ2) is 13.7. The summed E-state index contributed by atoms with van der Waals surface area (Å²) in [7, 11) is 0. The topological polar surface area (TPSA) is 202 Å². The predicted octanol–water partition coefficient (Wildman–Crippen LogP) is 0.927. The highest BCUT2D eigenvalue weighted by atomic mass is 16.4. The van der Waals surface area contributed by atoms with E-state index < -0.39 is 53.0 Å². The van der Waals surface area contributed by atoms with Crippen molar-refractivity contribution < 1.29 is 34.2 Å². The summed E-state index contributed by atoms with van der Waals surface area (Å²) in [6.45, 7) is 1.71. The van der Waals surface area contributed by atoms with Crippen molar-refractivity contribution in [1.29, 1.82) is 0 Å². The molecule has 3 atom stereocenters. The van der Waals surface area contributed by atoms with Crippen LogP contribution in [0, 0.1) is 17.3 Å². The van der Waals surface area contributed by atoms with Crippen LogP contribution in [0.1, 0.15) is 84.0 Å². The molecule has 2 rings (SSSR count). The lowest BCUT2D eigenvalue weighted by Gasteiger charge is -2.35. The summed E-state index contributed by atoms with van der Waals surface area (Å²) in [5.41, 5.74) is 10.8. The number of hydrogen-bond donors (Lipinski definition) is 6. The van der Waals surface area contributed by atoms with Gasteiger partial charge in [-0.1, -0.05) is 12.8 Å². The summed E-state index contributed by atoms with van der Waals surface area (Å²) in [5, 5.41) is 24.8. The van der Waals surface area contributed by atoms with Crippen molar-refractivity contribution >= 4 is 29.5 Å². The van der Waals surface area contributed by atoms with Crippen LogP contribution in [0.25, 0.3) is 0 Å². The van der Waals surface area contributed by atoms with Crippen LogP contribution in [0.4, 0.5) is 0 Å². The van der Waals surface area contributed by atoms with Gasteiger partial charge in [0.05, 0.1) is 29.3 Å². The minimum Gasteiger partial charge on any atom is -0.481 e. The Morgan fingerprint density at radius 2 is 1.61 bits per heavy atom. The fourth-order valence-corrected chi connectivity index (χ4v) is 5.64. The first-order valence-corrected chi connectivity index (χ1v) is 13.0. The van der Waals surface area contributed by atoms with Crippen LogP contribution in [-0.2, 0) is 24.0 Å². The van der Waals surface area contributed by atoms with Gasteiger partial charge in [0.15, 0.2) is 5.78 Å². The highest BCUT2D eigenvalue weighted by molar-refractivity contribution is 5.95. The monoisotopic (exact) mass is 510 g/mol. The Bertz CT molecular complexity index is 804. The van der Waals surface area contributed by atoms with E-state index >= 15 is 0 Å². The maximum absolute atomic E-state index is 13.4. The highest BCUT2D eigenvalue weighted by Crippen LogP contribution is 2.44. The first-order valence-electron chi connectivity index (χ1n) is 13.0. The van der Waals surface area contributed by atoms with Crippen molar-refractivity contribution in [2.45, 2.75) is 102 Å². The number of hydrogen-bond acceptors (Lipinski definition) is 7. The summed E-state index contributed by atoms with van der Waals surface area (Å²) in [6, 6.07) is -2.45.